The summed E-state index contributed by atoms with van der Waals surface area (Å²) in [5.74, 6) is 2.81. The second-order valence-corrected chi connectivity index (χ2v) is 6.32. The van der Waals surface area contributed by atoms with Gasteiger partial charge in [-0.05, 0) is 43.0 Å². The summed E-state index contributed by atoms with van der Waals surface area (Å²) in [6, 6.07) is 10.3. The lowest BCUT2D eigenvalue weighted by Crippen LogP contribution is -2.30. The topological polar surface area (TPSA) is 46.6 Å². The van der Waals surface area contributed by atoms with Crippen LogP contribution in [0.25, 0.3) is 0 Å². The van der Waals surface area contributed by atoms with Crippen molar-refractivity contribution < 1.29 is 9.47 Å². The zero-order chi connectivity index (χ0) is 18.2. The molecule has 0 amide bonds. The molecule has 0 atom stereocenters. The second-order valence-electron chi connectivity index (χ2n) is 6.32. The number of anilines is 1. The SMILES string of the molecule is CC.c1cc(CNCc2ccnc(N3CCCCC3)c2)c2c(c1)OCO2. The number of aromatic nitrogens is 1. The smallest absolute Gasteiger partial charge is 0.231 e. The van der Waals surface area contributed by atoms with Gasteiger partial charge in [0.05, 0.1) is 0 Å². The summed E-state index contributed by atoms with van der Waals surface area (Å²) in [5.41, 5.74) is 2.39. The zero-order valence-corrected chi connectivity index (χ0v) is 15.8. The van der Waals surface area contributed by atoms with Gasteiger partial charge in [0.1, 0.15) is 5.82 Å². The van der Waals surface area contributed by atoms with E-state index in [4.69, 9.17) is 9.47 Å². The maximum Gasteiger partial charge on any atom is 0.231 e. The Kier molecular flexibility index (Phi) is 6.72. The summed E-state index contributed by atoms with van der Waals surface area (Å²) in [5, 5.41) is 3.50. The van der Waals surface area contributed by atoms with Crippen molar-refractivity contribution in [2.45, 2.75) is 46.2 Å². The molecule has 0 radical (unpaired) electrons. The van der Waals surface area contributed by atoms with Gasteiger partial charge in [-0.3, -0.25) is 0 Å². The third-order valence-electron chi connectivity index (χ3n) is 4.61. The molecule has 2 aliphatic heterocycles. The number of fused-ring (bicyclic) bond motifs is 1. The van der Waals surface area contributed by atoms with Gasteiger partial charge in [0, 0.05) is 37.9 Å². The number of pyridine rings is 1. The average Bonchev–Trinajstić information content (AvgIpc) is 3.20. The first-order valence-corrected chi connectivity index (χ1v) is 9.68. The van der Waals surface area contributed by atoms with E-state index in [2.05, 4.69) is 33.4 Å². The van der Waals surface area contributed by atoms with Crippen LogP contribution >= 0.6 is 0 Å². The van der Waals surface area contributed by atoms with Gasteiger partial charge < -0.3 is 19.7 Å². The molecule has 1 fully saturated rings. The maximum absolute atomic E-state index is 5.55. The summed E-state index contributed by atoms with van der Waals surface area (Å²) < 4.78 is 11.0. The molecule has 26 heavy (non-hydrogen) atoms. The van der Waals surface area contributed by atoms with E-state index in [9.17, 15) is 0 Å². The first-order chi connectivity index (χ1) is 12.9. The van der Waals surface area contributed by atoms with Crippen LogP contribution in [0.2, 0.25) is 0 Å². The van der Waals surface area contributed by atoms with Gasteiger partial charge in [0.25, 0.3) is 0 Å². The largest absolute Gasteiger partial charge is 0.454 e. The molecule has 0 unspecified atom stereocenters. The van der Waals surface area contributed by atoms with E-state index in [1.165, 1.54) is 24.8 Å². The molecule has 0 saturated carbocycles. The number of ether oxygens (including phenoxy) is 2. The summed E-state index contributed by atoms with van der Waals surface area (Å²) in [6.45, 7) is 8.13. The highest BCUT2D eigenvalue weighted by atomic mass is 16.7. The van der Waals surface area contributed by atoms with E-state index >= 15 is 0 Å². The molecule has 140 valence electrons. The van der Waals surface area contributed by atoms with Crippen LogP contribution in [0, 0.1) is 0 Å². The van der Waals surface area contributed by atoms with Crippen LogP contribution in [0.4, 0.5) is 5.82 Å². The van der Waals surface area contributed by atoms with E-state index in [1.807, 2.05) is 32.2 Å². The van der Waals surface area contributed by atoms with Crippen molar-refractivity contribution in [2.24, 2.45) is 0 Å². The molecular formula is C21H29N3O2. The zero-order valence-electron chi connectivity index (χ0n) is 15.8. The third-order valence-corrected chi connectivity index (χ3v) is 4.61. The molecule has 0 aliphatic carbocycles. The van der Waals surface area contributed by atoms with Crippen molar-refractivity contribution in [3.8, 4) is 11.5 Å². The number of rotatable bonds is 5. The Labute approximate surface area is 156 Å². The van der Waals surface area contributed by atoms with Gasteiger partial charge in [-0.25, -0.2) is 4.98 Å². The highest BCUT2D eigenvalue weighted by molar-refractivity contribution is 5.48. The fraction of sp³-hybridized carbons (Fsp3) is 0.476. The summed E-state index contributed by atoms with van der Waals surface area (Å²) >= 11 is 0. The van der Waals surface area contributed by atoms with Crippen molar-refractivity contribution in [3.63, 3.8) is 0 Å². The Bertz CT molecular complexity index is 699. The number of nitrogens with one attached hydrogen (secondary N) is 1. The van der Waals surface area contributed by atoms with E-state index in [0.717, 1.165) is 49.1 Å². The van der Waals surface area contributed by atoms with Crippen molar-refractivity contribution in [2.75, 3.05) is 24.8 Å². The molecule has 5 heteroatoms. The fourth-order valence-electron chi connectivity index (χ4n) is 3.34. The third kappa shape index (κ3) is 4.47. The van der Waals surface area contributed by atoms with Crippen LogP contribution in [0.5, 0.6) is 11.5 Å². The summed E-state index contributed by atoms with van der Waals surface area (Å²) in [4.78, 5) is 6.93. The quantitative estimate of drug-likeness (QED) is 0.874. The molecule has 1 saturated heterocycles. The minimum atomic E-state index is 0.315. The second kappa shape index (κ2) is 9.43. The Hall–Kier alpha value is -2.27. The number of piperidine rings is 1. The first kappa shape index (κ1) is 18.5. The van der Waals surface area contributed by atoms with Crippen LogP contribution in [-0.2, 0) is 13.1 Å². The Morgan fingerprint density at radius 2 is 1.88 bits per heavy atom. The van der Waals surface area contributed by atoms with Gasteiger partial charge in [0.2, 0.25) is 6.79 Å². The van der Waals surface area contributed by atoms with Crippen LogP contribution in [0.15, 0.2) is 36.5 Å². The normalized spacial score (nSPS) is 15.4. The van der Waals surface area contributed by atoms with Crippen LogP contribution < -0.4 is 19.7 Å². The molecule has 1 aromatic heterocycles. The van der Waals surface area contributed by atoms with E-state index in [-0.39, 0.29) is 0 Å². The van der Waals surface area contributed by atoms with Gasteiger partial charge in [-0.15, -0.1) is 0 Å². The highest BCUT2D eigenvalue weighted by Gasteiger charge is 2.16. The van der Waals surface area contributed by atoms with Gasteiger partial charge in [-0.1, -0.05) is 26.0 Å². The lowest BCUT2D eigenvalue weighted by atomic mass is 10.1. The Morgan fingerprint density at radius 1 is 1.04 bits per heavy atom. The minimum Gasteiger partial charge on any atom is -0.454 e. The van der Waals surface area contributed by atoms with Crippen LogP contribution in [-0.4, -0.2) is 24.9 Å². The van der Waals surface area contributed by atoms with Crippen LogP contribution in [0.3, 0.4) is 0 Å². The lowest BCUT2D eigenvalue weighted by molar-refractivity contribution is 0.173. The molecule has 5 nitrogen and oxygen atoms in total. The molecular weight excluding hydrogens is 326 g/mol. The number of hydrogen-bond acceptors (Lipinski definition) is 5. The number of para-hydroxylation sites is 1. The maximum atomic E-state index is 5.55. The number of nitrogens with zero attached hydrogens (tertiary/aromatic N) is 2. The highest BCUT2D eigenvalue weighted by Crippen LogP contribution is 2.35. The van der Waals surface area contributed by atoms with E-state index in [0.29, 0.717) is 6.79 Å². The first-order valence-electron chi connectivity index (χ1n) is 9.68. The van der Waals surface area contributed by atoms with Crippen LogP contribution in [0.1, 0.15) is 44.2 Å². The molecule has 2 aliphatic rings. The monoisotopic (exact) mass is 355 g/mol. The number of benzene rings is 1. The molecule has 1 aromatic carbocycles. The molecule has 0 spiro atoms. The van der Waals surface area contributed by atoms with Crippen molar-refractivity contribution in [1.82, 2.24) is 10.3 Å². The van der Waals surface area contributed by atoms with E-state index in [1.54, 1.807) is 0 Å². The standard InChI is InChI=1S/C19H23N3O2.C2H6/c1-2-9-22(10-3-1)18-11-15(7-8-21-18)12-20-13-16-5-4-6-17-19(16)24-14-23-17;1-2/h4-8,11,20H,1-3,9-10,12-14H2;1-2H3. The molecule has 3 heterocycles. The van der Waals surface area contributed by atoms with Gasteiger partial charge in [0.15, 0.2) is 11.5 Å². The Balaban J connectivity index is 0.000000948. The van der Waals surface area contributed by atoms with Gasteiger partial charge in [-0.2, -0.15) is 0 Å². The summed E-state index contributed by atoms with van der Waals surface area (Å²) in [7, 11) is 0. The number of hydrogen-bond donors (Lipinski definition) is 1. The molecule has 2 aromatic rings. The predicted octanol–water partition coefficient (Wildman–Crippen LogP) is 4.12. The molecule has 0 bridgehead atoms. The Morgan fingerprint density at radius 3 is 2.73 bits per heavy atom. The predicted molar refractivity (Wildman–Crippen MR) is 105 cm³/mol. The van der Waals surface area contributed by atoms with Gasteiger partial charge >= 0.3 is 0 Å². The van der Waals surface area contributed by atoms with Crippen molar-refractivity contribution >= 4 is 5.82 Å². The molecule has 4 rings (SSSR count). The van der Waals surface area contributed by atoms with E-state index < -0.39 is 0 Å². The fourth-order valence-corrected chi connectivity index (χ4v) is 3.34. The minimum absolute atomic E-state index is 0.315. The molecule has 1 N–H and O–H groups in total. The van der Waals surface area contributed by atoms with Crippen molar-refractivity contribution in [3.05, 3.63) is 47.7 Å². The van der Waals surface area contributed by atoms with Crippen molar-refractivity contribution in [1.29, 1.82) is 0 Å². The average molecular weight is 355 g/mol. The lowest BCUT2D eigenvalue weighted by Gasteiger charge is -2.27. The summed E-state index contributed by atoms with van der Waals surface area (Å²) in [6.07, 6.45) is 5.79.